The number of hydrogen-bond acceptors (Lipinski definition) is 3. The highest BCUT2D eigenvalue weighted by Gasteiger charge is 2.38. The number of aliphatic carboxylic acids is 1. The minimum absolute atomic E-state index is 0.384. The van der Waals surface area contributed by atoms with Crippen molar-refractivity contribution in [3.05, 3.63) is 28.2 Å². The lowest BCUT2D eigenvalue weighted by atomic mass is 9.85. The number of fused-ring (bicyclic) bond motifs is 2. The summed E-state index contributed by atoms with van der Waals surface area (Å²) in [6.07, 6.45) is 1.62. The molecule has 2 bridgehead atoms. The number of carboxylic acids is 1. The maximum absolute atomic E-state index is 10.6. The molecule has 2 atom stereocenters. The summed E-state index contributed by atoms with van der Waals surface area (Å²) < 4.78 is 39.1. The van der Waals surface area contributed by atoms with Crippen molar-refractivity contribution in [1.82, 2.24) is 5.32 Å². The van der Waals surface area contributed by atoms with E-state index in [0.29, 0.717) is 18.2 Å². The van der Waals surface area contributed by atoms with E-state index in [2.05, 4.69) is 40.3 Å². The molecule has 0 amide bonds. The molecule has 4 nitrogen and oxygen atoms in total. The number of nitrogens with one attached hydrogen (secondary N) is 1. The van der Waals surface area contributed by atoms with E-state index in [1.165, 1.54) is 24.8 Å². The standard InChI is InChI=1S/C15H20BrNO.C2HF3O2/c1-10-14(16)6-3-7-15(10)18-13-8-11-4-2-5-12(9-13)17-11;3-2(4,5)1(6)7/h3,6-7,11-13,17H,2,4-5,8-9H2,1H3;(H,6,7). The first-order chi connectivity index (χ1) is 11.7. The summed E-state index contributed by atoms with van der Waals surface area (Å²) in [5, 5.41) is 10.8. The zero-order valence-electron chi connectivity index (χ0n) is 13.8. The lowest BCUT2D eigenvalue weighted by Crippen LogP contribution is -2.51. The van der Waals surface area contributed by atoms with Gasteiger partial charge in [-0.15, -0.1) is 0 Å². The van der Waals surface area contributed by atoms with Crippen molar-refractivity contribution >= 4 is 21.9 Å². The van der Waals surface area contributed by atoms with Gasteiger partial charge in [0.05, 0.1) is 0 Å². The molecule has 0 aromatic heterocycles. The van der Waals surface area contributed by atoms with Gasteiger partial charge in [0.15, 0.2) is 0 Å². The molecule has 2 aliphatic heterocycles. The molecule has 3 rings (SSSR count). The van der Waals surface area contributed by atoms with Crippen molar-refractivity contribution < 1.29 is 27.8 Å². The minimum Gasteiger partial charge on any atom is -0.490 e. The van der Waals surface area contributed by atoms with Crippen molar-refractivity contribution in [2.75, 3.05) is 0 Å². The molecule has 0 radical (unpaired) electrons. The Morgan fingerprint density at radius 3 is 2.36 bits per heavy atom. The van der Waals surface area contributed by atoms with Gasteiger partial charge in [0.1, 0.15) is 11.9 Å². The van der Waals surface area contributed by atoms with Crippen molar-refractivity contribution in [3.8, 4) is 5.75 Å². The van der Waals surface area contributed by atoms with Crippen LogP contribution in [0, 0.1) is 6.92 Å². The van der Waals surface area contributed by atoms with Crippen LogP contribution < -0.4 is 10.1 Å². The fourth-order valence-electron chi connectivity index (χ4n) is 3.20. The Kier molecular flexibility index (Phi) is 6.73. The van der Waals surface area contributed by atoms with Crippen LogP contribution in [0.1, 0.15) is 37.7 Å². The van der Waals surface area contributed by atoms with E-state index in [1.807, 2.05) is 6.07 Å². The molecule has 2 unspecified atom stereocenters. The average molecular weight is 424 g/mol. The number of piperidine rings is 2. The molecule has 140 valence electrons. The van der Waals surface area contributed by atoms with Crippen molar-refractivity contribution in [2.24, 2.45) is 0 Å². The molecule has 25 heavy (non-hydrogen) atoms. The molecular weight excluding hydrogens is 403 g/mol. The van der Waals surface area contributed by atoms with E-state index >= 15 is 0 Å². The van der Waals surface area contributed by atoms with Crippen LogP contribution in [0.2, 0.25) is 0 Å². The predicted molar refractivity (Wildman–Crippen MR) is 90.8 cm³/mol. The van der Waals surface area contributed by atoms with Gasteiger partial charge in [-0.05, 0) is 44.7 Å². The summed E-state index contributed by atoms with van der Waals surface area (Å²) in [6.45, 7) is 2.11. The Morgan fingerprint density at radius 1 is 1.28 bits per heavy atom. The summed E-state index contributed by atoms with van der Waals surface area (Å²) in [5.41, 5.74) is 1.21. The monoisotopic (exact) mass is 423 g/mol. The second-order valence-corrected chi connectivity index (χ2v) is 7.22. The van der Waals surface area contributed by atoms with Gasteiger partial charge in [0.2, 0.25) is 0 Å². The van der Waals surface area contributed by atoms with Crippen LogP contribution in [0.5, 0.6) is 5.75 Å². The number of rotatable bonds is 2. The lowest BCUT2D eigenvalue weighted by Gasteiger charge is -2.40. The van der Waals surface area contributed by atoms with Gasteiger partial charge >= 0.3 is 12.1 Å². The maximum atomic E-state index is 10.6. The Labute approximate surface area is 152 Å². The molecule has 0 saturated carbocycles. The molecule has 1 aromatic carbocycles. The smallest absolute Gasteiger partial charge is 0.490 e. The number of carbonyl (C=O) groups is 1. The van der Waals surface area contributed by atoms with E-state index in [-0.39, 0.29) is 0 Å². The minimum atomic E-state index is -5.08. The van der Waals surface area contributed by atoms with Gasteiger partial charge in [-0.2, -0.15) is 13.2 Å². The molecular formula is C17H21BrF3NO3. The summed E-state index contributed by atoms with van der Waals surface area (Å²) in [4.78, 5) is 8.90. The van der Waals surface area contributed by atoms with Crippen LogP contribution in [0.3, 0.4) is 0 Å². The summed E-state index contributed by atoms with van der Waals surface area (Å²) in [6, 6.07) is 7.55. The number of carboxylic acid groups (broad SMARTS) is 1. The molecule has 0 aliphatic carbocycles. The molecule has 2 N–H and O–H groups in total. The first-order valence-electron chi connectivity index (χ1n) is 8.14. The molecule has 2 heterocycles. The van der Waals surface area contributed by atoms with Gasteiger partial charge in [-0.25, -0.2) is 4.79 Å². The van der Waals surface area contributed by atoms with E-state index in [4.69, 9.17) is 14.6 Å². The van der Waals surface area contributed by atoms with Crippen LogP contribution in [-0.4, -0.2) is 35.4 Å². The molecule has 8 heteroatoms. The van der Waals surface area contributed by atoms with Crippen molar-refractivity contribution in [3.63, 3.8) is 0 Å². The van der Waals surface area contributed by atoms with Gasteiger partial charge < -0.3 is 15.2 Å². The third-order valence-electron chi connectivity index (χ3n) is 4.43. The number of hydrogen-bond donors (Lipinski definition) is 2. The number of halogens is 4. The molecule has 2 saturated heterocycles. The third-order valence-corrected chi connectivity index (χ3v) is 5.28. The first-order valence-corrected chi connectivity index (χ1v) is 8.94. The zero-order valence-corrected chi connectivity index (χ0v) is 15.4. The number of ether oxygens (including phenoxy) is 1. The third kappa shape index (κ3) is 5.88. The van der Waals surface area contributed by atoms with Crippen LogP contribution in [0.4, 0.5) is 13.2 Å². The molecule has 0 spiro atoms. The Bertz CT molecular complexity index is 597. The SMILES string of the molecule is Cc1c(Br)cccc1OC1CC2CCCC(C1)N2.O=C(O)C(F)(F)F. The van der Waals surface area contributed by atoms with Crippen LogP contribution in [0.25, 0.3) is 0 Å². The van der Waals surface area contributed by atoms with E-state index in [0.717, 1.165) is 23.1 Å². The number of benzene rings is 1. The Morgan fingerprint density at radius 2 is 1.84 bits per heavy atom. The molecule has 1 aromatic rings. The van der Waals surface area contributed by atoms with Crippen molar-refractivity contribution in [2.45, 2.75) is 63.4 Å². The maximum Gasteiger partial charge on any atom is 0.490 e. The van der Waals surface area contributed by atoms with Crippen LogP contribution in [-0.2, 0) is 4.79 Å². The van der Waals surface area contributed by atoms with Crippen LogP contribution >= 0.6 is 15.9 Å². The first kappa shape index (κ1) is 20.0. The fraction of sp³-hybridized carbons (Fsp3) is 0.588. The quantitative estimate of drug-likeness (QED) is 0.737. The Balaban J connectivity index is 0.000000277. The zero-order chi connectivity index (χ0) is 18.6. The highest BCUT2D eigenvalue weighted by Crippen LogP contribution is 2.31. The fourth-order valence-corrected chi connectivity index (χ4v) is 3.55. The molecule has 2 fully saturated rings. The average Bonchev–Trinajstić information content (AvgIpc) is 2.51. The lowest BCUT2D eigenvalue weighted by molar-refractivity contribution is -0.192. The Hall–Kier alpha value is -1.28. The van der Waals surface area contributed by atoms with Crippen LogP contribution in [0.15, 0.2) is 22.7 Å². The van der Waals surface area contributed by atoms with E-state index in [1.54, 1.807) is 0 Å². The highest BCUT2D eigenvalue weighted by molar-refractivity contribution is 9.10. The topological polar surface area (TPSA) is 58.6 Å². The van der Waals surface area contributed by atoms with Gasteiger partial charge in [0, 0.05) is 22.1 Å². The second kappa shape index (κ2) is 8.40. The van der Waals surface area contributed by atoms with Gasteiger partial charge in [-0.1, -0.05) is 28.4 Å². The predicted octanol–water partition coefficient (Wildman–Crippen LogP) is 4.44. The second-order valence-electron chi connectivity index (χ2n) is 6.37. The van der Waals surface area contributed by atoms with Gasteiger partial charge in [0.25, 0.3) is 0 Å². The summed E-state index contributed by atoms with van der Waals surface area (Å²) in [7, 11) is 0. The summed E-state index contributed by atoms with van der Waals surface area (Å²) >= 11 is 3.57. The molecule has 2 aliphatic rings. The summed E-state index contributed by atoms with van der Waals surface area (Å²) in [5.74, 6) is -1.72. The number of alkyl halides is 3. The van der Waals surface area contributed by atoms with E-state index in [9.17, 15) is 13.2 Å². The van der Waals surface area contributed by atoms with E-state index < -0.39 is 12.1 Å². The largest absolute Gasteiger partial charge is 0.490 e. The normalized spacial score (nSPS) is 25.6. The highest BCUT2D eigenvalue weighted by atomic mass is 79.9. The van der Waals surface area contributed by atoms with Gasteiger partial charge in [-0.3, -0.25) is 0 Å². The van der Waals surface area contributed by atoms with Crippen molar-refractivity contribution in [1.29, 1.82) is 0 Å².